The number of unbranched alkanes of at least 4 members (excludes halogenated alkanes) is 1. The van der Waals surface area contributed by atoms with Gasteiger partial charge in [-0.1, -0.05) is 43.1 Å². The van der Waals surface area contributed by atoms with E-state index >= 15 is 0 Å². The molecule has 3 aromatic rings. The third-order valence-electron chi connectivity index (χ3n) is 5.15. The van der Waals surface area contributed by atoms with Crippen molar-refractivity contribution in [2.75, 3.05) is 4.90 Å². The summed E-state index contributed by atoms with van der Waals surface area (Å²) >= 11 is 6.36. The Morgan fingerprint density at radius 3 is 2.68 bits per heavy atom. The number of carboxylic acids is 1. The van der Waals surface area contributed by atoms with Crippen LogP contribution in [-0.2, 0) is 29.0 Å². The smallest absolute Gasteiger partial charge is 0.326 e. The van der Waals surface area contributed by atoms with Gasteiger partial charge in [0.2, 0.25) is 11.8 Å². The van der Waals surface area contributed by atoms with Gasteiger partial charge >= 0.3 is 5.97 Å². The van der Waals surface area contributed by atoms with Crippen molar-refractivity contribution in [2.45, 2.75) is 52.1 Å². The summed E-state index contributed by atoms with van der Waals surface area (Å²) in [5.74, 6) is -0.422. The molecular weight excluding hydrogens is 418 g/mol. The molecule has 0 saturated heterocycles. The molecule has 31 heavy (non-hydrogen) atoms. The summed E-state index contributed by atoms with van der Waals surface area (Å²) < 4.78 is 7.33. The number of carbonyl (C=O) groups is 2. The average molecular weight is 444 g/mol. The Morgan fingerprint density at radius 2 is 2.03 bits per heavy atom. The van der Waals surface area contributed by atoms with Crippen molar-refractivity contribution in [1.29, 1.82) is 0 Å². The highest BCUT2D eigenvalue weighted by Crippen LogP contribution is 2.22. The van der Waals surface area contributed by atoms with Crippen LogP contribution in [0.1, 0.15) is 43.8 Å². The number of aromatic nitrogens is 2. The van der Waals surface area contributed by atoms with E-state index in [2.05, 4.69) is 11.9 Å². The summed E-state index contributed by atoms with van der Waals surface area (Å²) in [7, 11) is 0. The van der Waals surface area contributed by atoms with E-state index in [-0.39, 0.29) is 18.2 Å². The van der Waals surface area contributed by atoms with E-state index in [4.69, 9.17) is 16.0 Å². The molecule has 1 amide bonds. The van der Waals surface area contributed by atoms with Crippen LogP contribution in [0, 0.1) is 0 Å². The fourth-order valence-electron chi connectivity index (χ4n) is 3.41. The van der Waals surface area contributed by atoms with E-state index in [1.54, 1.807) is 18.3 Å². The Labute approximate surface area is 186 Å². The SMILES string of the molecule is CCCCc1ncc(CC(=O)N(c2ccco2)[C@@H](C)C(=O)O)n1Cc1ccccc1Cl. The van der Waals surface area contributed by atoms with Gasteiger partial charge in [0.15, 0.2) is 0 Å². The van der Waals surface area contributed by atoms with Crippen LogP contribution >= 0.6 is 11.6 Å². The van der Waals surface area contributed by atoms with E-state index in [1.807, 2.05) is 28.8 Å². The number of anilines is 1. The van der Waals surface area contributed by atoms with Crippen LogP contribution in [0.2, 0.25) is 5.02 Å². The number of carbonyl (C=O) groups excluding carboxylic acids is 1. The fraction of sp³-hybridized carbons (Fsp3) is 0.348. The molecule has 2 heterocycles. The van der Waals surface area contributed by atoms with Gasteiger partial charge in [-0.05, 0) is 31.0 Å². The summed E-state index contributed by atoms with van der Waals surface area (Å²) in [5.41, 5.74) is 1.63. The van der Waals surface area contributed by atoms with Gasteiger partial charge in [0.25, 0.3) is 0 Å². The Morgan fingerprint density at radius 1 is 1.26 bits per heavy atom. The maximum Gasteiger partial charge on any atom is 0.326 e. The Balaban J connectivity index is 1.92. The standard InChI is InChI=1S/C23H26ClN3O4/c1-3-4-10-20-25-14-18(26(20)15-17-8-5-6-9-19(17)24)13-21(28)27(16(2)23(29)30)22-11-7-12-31-22/h5-9,11-12,14,16H,3-4,10,13,15H2,1-2H3,(H,29,30)/t16-/m0/s1. The van der Waals surface area contributed by atoms with Crippen molar-refractivity contribution >= 4 is 29.4 Å². The molecule has 1 atom stereocenters. The lowest BCUT2D eigenvalue weighted by Crippen LogP contribution is -2.44. The largest absolute Gasteiger partial charge is 0.480 e. The minimum absolute atomic E-state index is 0.0120. The molecule has 7 nitrogen and oxygen atoms in total. The quantitative estimate of drug-likeness (QED) is 0.495. The van der Waals surface area contributed by atoms with E-state index < -0.39 is 12.0 Å². The van der Waals surface area contributed by atoms with Crippen molar-refractivity contribution in [1.82, 2.24) is 9.55 Å². The van der Waals surface area contributed by atoms with E-state index in [1.165, 1.54) is 18.1 Å². The lowest BCUT2D eigenvalue weighted by molar-refractivity contribution is -0.139. The van der Waals surface area contributed by atoms with Crippen LogP contribution in [-0.4, -0.2) is 32.6 Å². The number of aryl methyl sites for hydroxylation is 1. The Bertz CT molecular complexity index is 1030. The van der Waals surface area contributed by atoms with Crippen LogP contribution in [0.15, 0.2) is 53.3 Å². The average Bonchev–Trinajstić information content (AvgIpc) is 3.39. The van der Waals surface area contributed by atoms with E-state index in [0.29, 0.717) is 17.3 Å². The fourth-order valence-corrected chi connectivity index (χ4v) is 3.60. The lowest BCUT2D eigenvalue weighted by Gasteiger charge is -2.24. The zero-order valence-corrected chi connectivity index (χ0v) is 18.4. The summed E-state index contributed by atoms with van der Waals surface area (Å²) in [6, 6.07) is 9.69. The Kier molecular flexibility index (Phi) is 7.52. The van der Waals surface area contributed by atoms with Gasteiger partial charge in [-0.15, -0.1) is 0 Å². The minimum atomic E-state index is -1.11. The molecule has 1 aromatic carbocycles. The molecule has 2 aromatic heterocycles. The summed E-state index contributed by atoms with van der Waals surface area (Å²) in [6.45, 7) is 4.05. The third kappa shape index (κ3) is 5.35. The van der Waals surface area contributed by atoms with Crippen molar-refractivity contribution in [2.24, 2.45) is 0 Å². The molecule has 164 valence electrons. The van der Waals surface area contributed by atoms with Crippen LogP contribution in [0.25, 0.3) is 0 Å². The molecule has 0 bridgehead atoms. The van der Waals surface area contributed by atoms with Crippen LogP contribution in [0.4, 0.5) is 5.88 Å². The van der Waals surface area contributed by atoms with Gasteiger partial charge in [0.1, 0.15) is 11.9 Å². The highest BCUT2D eigenvalue weighted by atomic mass is 35.5. The number of amides is 1. The molecule has 0 spiro atoms. The second-order valence-electron chi connectivity index (χ2n) is 7.35. The van der Waals surface area contributed by atoms with Gasteiger partial charge in [0.05, 0.1) is 19.2 Å². The highest BCUT2D eigenvalue weighted by Gasteiger charge is 2.30. The number of hydrogen-bond donors (Lipinski definition) is 1. The molecule has 8 heteroatoms. The second kappa shape index (κ2) is 10.3. The number of aliphatic carboxylic acids is 1. The maximum atomic E-state index is 13.2. The topological polar surface area (TPSA) is 88.6 Å². The maximum absolute atomic E-state index is 13.2. The van der Waals surface area contributed by atoms with E-state index in [9.17, 15) is 14.7 Å². The molecule has 0 aliphatic carbocycles. The normalized spacial score (nSPS) is 12.0. The first-order valence-corrected chi connectivity index (χ1v) is 10.6. The molecule has 0 aliphatic heterocycles. The van der Waals surface area contributed by atoms with Crippen molar-refractivity contribution in [3.8, 4) is 0 Å². The molecule has 0 saturated carbocycles. The molecule has 0 radical (unpaired) electrons. The minimum Gasteiger partial charge on any atom is -0.480 e. The molecule has 0 fully saturated rings. The number of nitrogens with zero attached hydrogens (tertiary/aromatic N) is 3. The molecule has 0 aliphatic rings. The van der Waals surface area contributed by atoms with Gasteiger partial charge in [-0.25, -0.2) is 9.78 Å². The monoisotopic (exact) mass is 443 g/mol. The van der Waals surface area contributed by atoms with Crippen molar-refractivity contribution < 1.29 is 19.1 Å². The molecule has 1 N–H and O–H groups in total. The number of imidazole rings is 1. The van der Waals surface area contributed by atoms with Crippen LogP contribution in [0.3, 0.4) is 0 Å². The third-order valence-corrected chi connectivity index (χ3v) is 5.52. The lowest BCUT2D eigenvalue weighted by atomic mass is 10.2. The van der Waals surface area contributed by atoms with Crippen LogP contribution < -0.4 is 4.90 Å². The second-order valence-corrected chi connectivity index (χ2v) is 7.76. The first kappa shape index (κ1) is 22.6. The first-order chi connectivity index (χ1) is 14.9. The predicted molar refractivity (Wildman–Crippen MR) is 118 cm³/mol. The number of rotatable bonds is 10. The molecular formula is C23H26ClN3O4. The Hall–Kier alpha value is -3.06. The summed E-state index contributed by atoms with van der Waals surface area (Å²) in [5, 5.41) is 10.1. The first-order valence-electron chi connectivity index (χ1n) is 10.3. The van der Waals surface area contributed by atoms with Gasteiger partial charge < -0.3 is 14.1 Å². The summed E-state index contributed by atoms with van der Waals surface area (Å²) in [4.78, 5) is 30.5. The number of hydrogen-bond acceptors (Lipinski definition) is 4. The van der Waals surface area contributed by atoms with E-state index in [0.717, 1.165) is 30.7 Å². The summed E-state index contributed by atoms with van der Waals surface area (Å²) in [6.07, 6.45) is 5.86. The molecule has 0 unspecified atom stereocenters. The highest BCUT2D eigenvalue weighted by molar-refractivity contribution is 6.31. The number of carboxylic acid groups (broad SMARTS) is 1. The zero-order chi connectivity index (χ0) is 22.4. The number of furan rings is 1. The van der Waals surface area contributed by atoms with Gasteiger partial charge in [0, 0.05) is 29.4 Å². The van der Waals surface area contributed by atoms with Crippen molar-refractivity contribution in [3.05, 3.63) is 71.0 Å². The predicted octanol–water partition coefficient (Wildman–Crippen LogP) is 4.57. The van der Waals surface area contributed by atoms with Gasteiger partial charge in [-0.3, -0.25) is 9.69 Å². The van der Waals surface area contributed by atoms with Crippen LogP contribution in [0.5, 0.6) is 0 Å². The number of halogens is 1. The zero-order valence-electron chi connectivity index (χ0n) is 17.6. The molecule has 3 rings (SSSR count). The number of benzene rings is 1. The van der Waals surface area contributed by atoms with Gasteiger partial charge in [-0.2, -0.15) is 0 Å². The van der Waals surface area contributed by atoms with Crippen molar-refractivity contribution in [3.63, 3.8) is 0 Å².